The van der Waals surface area contributed by atoms with Crippen molar-refractivity contribution in [2.24, 2.45) is 0 Å². The third-order valence-corrected chi connectivity index (χ3v) is 4.16. The normalized spacial score (nSPS) is 18.5. The third-order valence-electron chi connectivity index (χ3n) is 3.92. The van der Waals surface area contributed by atoms with Crippen LogP contribution in [0, 0.1) is 6.92 Å². The van der Waals surface area contributed by atoms with E-state index in [1.54, 1.807) is 10.9 Å². The first kappa shape index (κ1) is 15.1. The average molecular weight is 320 g/mol. The molecule has 2 aromatic rings. The summed E-state index contributed by atoms with van der Waals surface area (Å²) < 4.78 is 7.13. The maximum atomic E-state index is 12.7. The average Bonchev–Trinajstić information content (AvgIpc) is 2.89. The van der Waals surface area contributed by atoms with Crippen molar-refractivity contribution < 1.29 is 9.53 Å². The van der Waals surface area contributed by atoms with Gasteiger partial charge in [0.05, 0.1) is 42.4 Å². The Labute approximate surface area is 134 Å². The molecule has 2 heterocycles. The van der Waals surface area contributed by atoms with E-state index in [1.807, 2.05) is 43.0 Å². The topological polar surface area (TPSA) is 47.4 Å². The molecule has 1 aromatic heterocycles. The van der Waals surface area contributed by atoms with E-state index in [-0.39, 0.29) is 11.9 Å². The fourth-order valence-corrected chi connectivity index (χ4v) is 2.86. The quantitative estimate of drug-likeness (QED) is 0.855. The van der Waals surface area contributed by atoms with Crippen LogP contribution in [0.1, 0.15) is 23.0 Å². The number of hydrogen-bond acceptors (Lipinski definition) is 3. The molecule has 0 aliphatic carbocycles. The summed E-state index contributed by atoms with van der Waals surface area (Å²) in [6.45, 7) is 5.66. The fourth-order valence-electron chi connectivity index (χ4n) is 2.67. The molecule has 1 aliphatic rings. The van der Waals surface area contributed by atoms with Crippen LogP contribution in [0.25, 0.3) is 5.69 Å². The molecule has 3 rings (SSSR count). The van der Waals surface area contributed by atoms with Gasteiger partial charge in [0.1, 0.15) is 0 Å². The lowest BCUT2D eigenvalue weighted by molar-refractivity contribution is 0.00355. The Morgan fingerprint density at radius 1 is 1.45 bits per heavy atom. The van der Waals surface area contributed by atoms with Crippen LogP contribution < -0.4 is 0 Å². The maximum Gasteiger partial charge on any atom is 0.257 e. The van der Waals surface area contributed by atoms with Crippen molar-refractivity contribution in [1.82, 2.24) is 14.7 Å². The van der Waals surface area contributed by atoms with Crippen LogP contribution in [0.2, 0.25) is 5.02 Å². The van der Waals surface area contributed by atoms with Crippen LogP contribution in [0.15, 0.2) is 30.5 Å². The SMILES string of the molecule is Cc1c(C(=O)N2CCOC[C@H]2C)cnn1-c1cccc(Cl)c1. The molecule has 0 spiro atoms. The number of nitrogens with zero attached hydrogens (tertiary/aromatic N) is 3. The van der Waals surface area contributed by atoms with Gasteiger partial charge in [-0.05, 0) is 32.0 Å². The molecule has 6 heteroatoms. The van der Waals surface area contributed by atoms with Gasteiger partial charge >= 0.3 is 0 Å². The second-order valence-electron chi connectivity index (χ2n) is 5.46. The van der Waals surface area contributed by atoms with Crippen LogP contribution in [0.4, 0.5) is 0 Å². The zero-order valence-electron chi connectivity index (χ0n) is 12.6. The van der Waals surface area contributed by atoms with Gasteiger partial charge in [-0.3, -0.25) is 4.79 Å². The van der Waals surface area contributed by atoms with Crippen LogP contribution in [0.5, 0.6) is 0 Å². The van der Waals surface area contributed by atoms with Crippen LogP contribution in [-0.2, 0) is 4.74 Å². The Hall–Kier alpha value is -1.85. The molecule has 5 nitrogen and oxygen atoms in total. The van der Waals surface area contributed by atoms with E-state index >= 15 is 0 Å². The number of amides is 1. The van der Waals surface area contributed by atoms with Gasteiger partial charge in [0.2, 0.25) is 0 Å². The van der Waals surface area contributed by atoms with Gasteiger partial charge in [-0.25, -0.2) is 4.68 Å². The molecule has 0 N–H and O–H groups in total. The van der Waals surface area contributed by atoms with Crippen molar-refractivity contribution in [2.75, 3.05) is 19.8 Å². The van der Waals surface area contributed by atoms with Crippen molar-refractivity contribution in [1.29, 1.82) is 0 Å². The number of carbonyl (C=O) groups excluding carboxylic acids is 1. The van der Waals surface area contributed by atoms with Gasteiger partial charge in [0, 0.05) is 11.6 Å². The summed E-state index contributed by atoms with van der Waals surface area (Å²) in [5.41, 5.74) is 2.28. The minimum absolute atomic E-state index is 0.00146. The highest BCUT2D eigenvalue weighted by Crippen LogP contribution is 2.20. The van der Waals surface area contributed by atoms with Crippen LogP contribution in [-0.4, -0.2) is 46.4 Å². The van der Waals surface area contributed by atoms with Gasteiger partial charge < -0.3 is 9.64 Å². The molecule has 22 heavy (non-hydrogen) atoms. The Morgan fingerprint density at radius 2 is 2.27 bits per heavy atom. The first-order valence-corrected chi connectivity index (χ1v) is 7.65. The largest absolute Gasteiger partial charge is 0.377 e. The molecular formula is C16H18ClN3O2. The number of rotatable bonds is 2. The van der Waals surface area contributed by atoms with Crippen molar-refractivity contribution in [3.05, 3.63) is 46.7 Å². The number of halogens is 1. The van der Waals surface area contributed by atoms with Crippen molar-refractivity contribution >= 4 is 17.5 Å². The molecule has 1 aliphatic heterocycles. The van der Waals surface area contributed by atoms with E-state index < -0.39 is 0 Å². The molecule has 0 bridgehead atoms. The summed E-state index contributed by atoms with van der Waals surface area (Å²) in [4.78, 5) is 14.6. The van der Waals surface area contributed by atoms with Gasteiger partial charge in [-0.2, -0.15) is 5.10 Å². The number of morpholine rings is 1. The summed E-state index contributed by atoms with van der Waals surface area (Å²) >= 11 is 6.03. The first-order valence-electron chi connectivity index (χ1n) is 7.27. The number of ether oxygens (including phenoxy) is 1. The van der Waals surface area contributed by atoms with E-state index in [4.69, 9.17) is 16.3 Å². The van der Waals surface area contributed by atoms with Gasteiger partial charge in [0.25, 0.3) is 5.91 Å². The molecule has 1 aromatic carbocycles. The van der Waals surface area contributed by atoms with Crippen molar-refractivity contribution in [3.8, 4) is 5.69 Å². The molecule has 0 saturated carbocycles. The van der Waals surface area contributed by atoms with Crippen LogP contribution >= 0.6 is 11.6 Å². The lowest BCUT2D eigenvalue weighted by Crippen LogP contribution is -2.47. The van der Waals surface area contributed by atoms with E-state index in [2.05, 4.69) is 5.10 Å². The highest BCUT2D eigenvalue weighted by Gasteiger charge is 2.27. The Bertz CT molecular complexity index is 698. The molecule has 1 saturated heterocycles. The second kappa shape index (κ2) is 6.10. The molecule has 1 amide bonds. The Kier molecular flexibility index (Phi) is 4.18. The smallest absolute Gasteiger partial charge is 0.257 e. The summed E-state index contributed by atoms with van der Waals surface area (Å²) in [5.74, 6) is 0.00146. The first-order chi connectivity index (χ1) is 10.6. The zero-order chi connectivity index (χ0) is 15.7. The predicted molar refractivity (Wildman–Crippen MR) is 84.6 cm³/mol. The highest BCUT2D eigenvalue weighted by atomic mass is 35.5. The minimum Gasteiger partial charge on any atom is -0.377 e. The van der Waals surface area contributed by atoms with Gasteiger partial charge in [0.15, 0.2) is 0 Å². The van der Waals surface area contributed by atoms with Crippen LogP contribution in [0.3, 0.4) is 0 Å². The lowest BCUT2D eigenvalue weighted by atomic mass is 10.1. The summed E-state index contributed by atoms with van der Waals surface area (Å²) in [5, 5.41) is 4.99. The summed E-state index contributed by atoms with van der Waals surface area (Å²) in [6.07, 6.45) is 1.63. The lowest BCUT2D eigenvalue weighted by Gasteiger charge is -2.33. The van der Waals surface area contributed by atoms with E-state index in [0.717, 1.165) is 11.4 Å². The molecule has 1 atom stereocenters. The summed E-state index contributed by atoms with van der Waals surface area (Å²) in [6, 6.07) is 7.50. The van der Waals surface area contributed by atoms with Gasteiger partial charge in [-0.1, -0.05) is 17.7 Å². The minimum atomic E-state index is 0.00146. The number of aromatic nitrogens is 2. The molecule has 1 fully saturated rings. The molecule has 0 unspecified atom stereocenters. The molecular weight excluding hydrogens is 302 g/mol. The Morgan fingerprint density at radius 3 is 3.00 bits per heavy atom. The number of carbonyl (C=O) groups is 1. The van der Waals surface area contributed by atoms with Crippen molar-refractivity contribution in [2.45, 2.75) is 19.9 Å². The Balaban J connectivity index is 1.91. The maximum absolute atomic E-state index is 12.7. The van der Waals surface area contributed by atoms with E-state index in [0.29, 0.717) is 30.3 Å². The highest BCUT2D eigenvalue weighted by molar-refractivity contribution is 6.30. The number of benzene rings is 1. The van der Waals surface area contributed by atoms with E-state index in [1.165, 1.54) is 0 Å². The summed E-state index contributed by atoms with van der Waals surface area (Å²) in [7, 11) is 0. The van der Waals surface area contributed by atoms with Crippen molar-refractivity contribution in [3.63, 3.8) is 0 Å². The fraction of sp³-hybridized carbons (Fsp3) is 0.375. The molecule has 116 valence electrons. The standard InChI is InChI=1S/C16H18ClN3O2/c1-11-10-22-7-6-19(11)16(21)15-9-18-20(12(15)2)14-5-3-4-13(17)8-14/h3-5,8-9,11H,6-7,10H2,1-2H3/t11-/m1/s1. The van der Waals surface area contributed by atoms with E-state index in [9.17, 15) is 4.79 Å². The third kappa shape index (κ3) is 2.74. The van der Waals surface area contributed by atoms with Gasteiger partial charge in [-0.15, -0.1) is 0 Å². The predicted octanol–water partition coefficient (Wildman–Crippen LogP) is 2.70. The monoisotopic (exact) mass is 319 g/mol. The number of hydrogen-bond donors (Lipinski definition) is 0. The zero-order valence-corrected chi connectivity index (χ0v) is 13.4. The molecule has 0 radical (unpaired) electrons. The second-order valence-corrected chi connectivity index (χ2v) is 5.89.